The van der Waals surface area contributed by atoms with Crippen molar-refractivity contribution in [3.05, 3.63) is 68.7 Å². The average molecular weight is 353 g/mol. The number of hydrogen-bond donors (Lipinski definition) is 1. The zero-order chi connectivity index (χ0) is 14.7. The highest BCUT2D eigenvalue weighted by atomic mass is 79.9. The van der Waals surface area contributed by atoms with Crippen LogP contribution in [0.1, 0.15) is 34.5 Å². The zero-order valence-corrected chi connectivity index (χ0v) is 13.6. The number of amides is 1. The lowest BCUT2D eigenvalue weighted by Crippen LogP contribution is -2.27. The normalized spacial score (nSPS) is 12.0. The van der Waals surface area contributed by atoms with Gasteiger partial charge in [-0.25, -0.2) is 0 Å². The van der Waals surface area contributed by atoms with Gasteiger partial charge < -0.3 is 5.32 Å². The second-order valence-electron chi connectivity index (χ2n) is 4.71. The van der Waals surface area contributed by atoms with E-state index in [1.807, 2.05) is 44.2 Å². The Hall–Kier alpha value is -1.32. The number of aryl methyl sites for hydroxylation is 1. The minimum Gasteiger partial charge on any atom is -0.346 e. The van der Waals surface area contributed by atoms with Gasteiger partial charge in [0.15, 0.2) is 0 Å². The van der Waals surface area contributed by atoms with Gasteiger partial charge in [-0.05, 0) is 49.2 Å². The summed E-state index contributed by atoms with van der Waals surface area (Å²) in [5, 5.41) is 3.55. The Morgan fingerprint density at radius 1 is 1.25 bits per heavy atom. The van der Waals surface area contributed by atoms with Crippen molar-refractivity contribution in [3.8, 4) is 0 Å². The summed E-state index contributed by atoms with van der Waals surface area (Å²) < 4.78 is 0.995. The van der Waals surface area contributed by atoms with E-state index in [2.05, 4.69) is 21.2 Å². The zero-order valence-electron chi connectivity index (χ0n) is 11.3. The maximum atomic E-state index is 12.3. The van der Waals surface area contributed by atoms with Crippen LogP contribution in [0.3, 0.4) is 0 Å². The van der Waals surface area contributed by atoms with Crippen molar-refractivity contribution < 1.29 is 4.79 Å². The fourth-order valence-corrected chi connectivity index (χ4v) is 2.56. The molecule has 2 nitrogen and oxygen atoms in total. The SMILES string of the molecule is Cc1ccc(Cl)cc1C(=O)NC(C)c1cccc(Br)c1. The van der Waals surface area contributed by atoms with Gasteiger partial charge in [-0.3, -0.25) is 4.79 Å². The van der Waals surface area contributed by atoms with Crippen LogP contribution in [-0.2, 0) is 0 Å². The van der Waals surface area contributed by atoms with Gasteiger partial charge >= 0.3 is 0 Å². The Balaban J connectivity index is 2.17. The minimum atomic E-state index is -0.113. The quantitative estimate of drug-likeness (QED) is 0.836. The Bertz CT molecular complexity index is 642. The summed E-state index contributed by atoms with van der Waals surface area (Å²) in [7, 11) is 0. The lowest BCUT2D eigenvalue weighted by molar-refractivity contribution is 0.0939. The van der Waals surface area contributed by atoms with Crippen LogP contribution >= 0.6 is 27.5 Å². The molecule has 20 heavy (non-hydrogen) atoms. The largest absolute Gasteiger partial charge is 0.346 e. The van der Waals surface area contributed by atoms with Crippen molar-refractivity contribution in [1.82, 2.24) is 5.32 Å². The molecular formula is C16H15BrClNO. The molecule has 0 heterocycles. The van der Waals surface area contributed by atoms with E-state index in [1.54, 1.807) is 12.1 Å². The molecule has 2 aromatic rings. The molecule has 0 saturated carbocycles. The van der Waals surface area contributed by atoms with Crippen LogP contribution in [0.25, 0.3) is 0 Å². The Labute approximate surface area is 132 Å². The topological polar surface area (TPSA) is 29.1 Å². The van der Waals surface area contributed by atoms with Gasteiger partial charge in [-0.15, -0.1) is 0 Å². The maximum Gasteiger partial charge on any atom is 0.252 e. The molecule has 0 bridgehead atoms. The van der Waals surface area contributed by atoms with Gasteiger partial charge in [0.25, 0.3) is 5.91 Å². The van der Waals surface area contributed by atoms with Crippen LogP contribution in [0, 0.1) is 6.92 Å². The first-order valence-electron chi connectivity index (χ1n) is 6.30. The fraction of sp³-hybridized carbons (Fsp3) is 0.188. The number of hydrogen-bond acceptors (Lipinski definition) is 1. The van der Waals surface area contributed by atoms with Crippen molar-refractivity contribution in [2.45, 2.75) is 19.9 Å². The van der Waals surface area contributed by atoms with E-state index in [1.165, 1.54) is 0 Å². The van der Waals surface area contributed by atoms with Crippen LogP contribution in [0.4, 0.5) is 0 Å². The second-order valence-corrected chi connectivity index (χ2v) is 6.06. The van der Waals surface area contributed by atoms with Crippen LogP contribution in [0.15, 0.2) is 46.9 Å². The lowest BCUT2D eigenvalue weighted by Gasteiger charge is -2.16. The number of halogens is 2. The lowest BCUT2D eigenvalue weighted by atomic mass is 10.1. The van der Waals surface area contributed by atoms with E-state index in [4.69, 9.17) is 11.6 Å². The van der Waals surface area contributed by atoms with E-state index in [-0.39, 0.29) is 11.9 Å². The highest BCUT2D eigenvalue weighted by Crippen LogP contribution is 2.20. The van der Waals surface area contributed by atoms with E-state index in [9.17, 15) is 4.79 Å². The van der Waals surface area contributed by atoms with Crippen LogP contribution in [0.5, 0.6) is 0 Å². The molecule has 0 aromatic heterocycles. The molecule has 104 valence electrons. The molecular weight excluding hydrogens is 338 g/mol. The van der Waals surface area contributed by atoms with Crippen molar-refractivity contribution in [2.24, 2.45) is 0 Å². The third kappa shape index (κ3) is 3.62. The Morgan fingerprint density at radius 3 is 2.70 bits per heavy atom. The van der Waals surface area contributed by atoms with Crippen LogP contribution in [0.2, 0.25) is 5.02 Å². The second kappa shape index (κ2) is 6.42. The van der Waals surface area contributed by atoms with E-state index in [0.29, 0.717) is 10.6 Å². The number of benzene rings is 2. The molecule has 2 rings (SSSR count). The summed E-state index contributed by atoms with van der Waals surface area (Å²) in [5.41, 5.74) is 2.57. The molecule has 0 saturated heterocycles. The Kier molecular flexibility index (Phi) is 4.84. The van der Waals surface area contributed by atoms with Gasteiger partial charge in [0.1, 0.15) is 0 Å². The molecule has 0 spiro atoms. The Morgan fingerprint density at radius 2 is 2.00 bits per heavy atom. The summed E-state index contributed by atoms with van der Waals surface area (Å²) >= 11 is 9.38. The van der Waals surface area contributed by atoms with E-state index < -0.39 is 0 Å². The summed E-state index contributed by atoms with van der Waals surface area (Å²) in [4.78, 5) is 12.3. The molecule has 0 fully saturated rings. The van der Waals surface area contributed by atoms with Gasteiger partial charge in [0.2, 0.25) is 0 Å². The van der Waals surface area contributed by atoms with Crippen molar-refractivity contribution >= 4 is 33.4 Å². The predicted octanol–water partition coefficient (Wildman–Crippen LogP) is 4.90. The van der Waals surface area contributed by atoms with Crippen LogP contribution in [-0.4, -0.2) is 5.91 Å². The van der Waals surface area contributed by atoms with Gasteiger partial charge in [0.05, 0.1) is 6.04 Å². The number of nitrogens with one attached hydrogen (secondary N) is 1. The molecule has 1 amide bonds. The molecule has 1 N–H and O–H groups in total. The molecule has 0 aliphatic heterocycles. The monoisotopic (exact) mass is 351 g/mol. The first-order valence-corrected chi connectivity index (χ1v) is 7.47. The van der Waals surface area contributed by atoms with Gasteiger partial charge in [-0.2, -0.15) is 0 Å². The summed E-state index contributed by atoms with van der Waals surface area (Å²) in [5.74, 6) is -0.113. The van der Waals surface area contributed by atoms with Gasteiger partial charge in [-0.1, -0.05) is 45.7 Å². The molecule has 4 heteroatoms. The molecule has 1 atom stereocenters. The number of carbonyl (C=O) groups is 1. The number of rotatable bonds is 3. The number of carbonyl (C=O) groups excluding carboxylic acids is 1. The molecule has 0 aliphatic rings. The first kappa shape index (κ1) is 15.1. The summed E-state index contributed by atoms with van der Waals surface area (Å²) in [6.45, 7) is 3.86. The summed E-state index contributed by atoms with van der Waals surface area (Å²) in [6, 6.07) is 13.1. The summed E-state index contributed by atoms with van der Waals surface area (Å²) in [6.07, 6.45) is 0. The third-order valence-corrected chi connectivity index (χ3v) is 3.87. The standard InChI is InChI=1S/C16H15BrClNO/c1-10-6-7-14(18)9-15(10)16(20)19-11(2)12-4-3-5-13(17)8-12/h3-9,11H,1-2H3,(H,19,20). The highest BCUT2D eigenvalue weighted by molar-refractivity contribution is 9.10. The predicted molar refractivity (Wildman–Crippen MR) is 86.2 cm³/mol. The van der Waals surface area contributed by atoms with E-state index >= 15 is 0 Å². The maximum absolute atomic E-state index is 12.3. The fourth-order valence-electron chi connectivity index (χ4n) is 1.97. The van der Waals surface area contributed by atoms with E-state index in [0.717, 1.165) is 15.6 Å². The average Bonchev–Trinajstić information content (AvgIpc) is 2.41. The molecule has 1 unspecified atom stereocenters. The van der Waals surface area contributed by atoms with Crippen molar-refractivity contribution in [1.29, 1.82) is 0 Å². The van der Waals surface area contributed by atoms with Gasteiger partial charge in [0, 0.05) is 15.1 Å². The van der Waals surface area contributed by atoms with Crippen molar-refractivity contribution in [2.75, 3.05) is 0 Å². The molecule has 2 aromatic carbocycles. The first-order chi connectivity index (χ1) is 9.47. The molecule has 0 aliphatic carbocycles. The van der Waals surface area contributed by atoms with Crippen LogP contribution < -0.4 is 5.32 Å². The minimum absolute atomic E-state index is 0.0709. The highest BCUT2D eigenvalue weighted by Gasteiger charge is 2.13. The smallest absolute Gasteiger partial charge is 0.252 e. The molecule has 0 radical (unpaired) electrons. The third-order valence-electron chi connectivity index (χ3n) is 3.14. The van der Waals surface area contributed by atoms with Crippen molar-refractivity contribution in [3.63, 3.8) is 0 Å².